The van der Waals surface area contributed by atoms with Crippen molar-refractivity contribution < 1.29 is 14.3 Å². The standard InChI is InChI=1S/C15H29N3O3/c1-10(2)6-13(15(20)21-5)17-14(19)9-18-7-11(3)16-12(4)8-18/h10-13,16H,6-9H2,1-5H3,(H,17,19). The van der Waals surface area contributed by atoms with Gasteiger partial charge in [0, 0.05) is 25.2 Å². The van der Waals surface area contributed by atoms with Crippen LogP contribution in [0, 0.1) is 5.92 Å². The number of ether oxygens (including phenoxy) is 1. The van der Waals surface area contributed by atoms with E-state index in [4.69, 9.17) is 4.74 Å². The lowest BCUT2D eigenvalue weighted by Gasteiger charge is -2.35. The highest BCUT2D eigenvalue weighted by molar-refractivity contribution is 5.85. The summed E-state index contributed by atoms with van der Waals surface area (Å²) in [4.78, 5) is 26.0. The van der Waals surface area contributed by atoms with Crippen LogP contribution in [-0.2, 0) is 14.3 Å². The highest BCUT2D eigenvalue weighted by Gasteiger charge is 2.26. The molecular formula is C15H29N3O3. The maximum absolute atomic E-state index is 12.2. The zero-order valence-electron chi connectivity index (χ0n) is 13.8. The summed E-state index contributed by atoms with van der Waals surface area (Å²) in [5.41, 5.74) is 0. The van der Waals surface area contributed by atoms with Crippen LogP contribution in [0.3, 0.4) is 0 Å². The summed E-state index contributed by atoms with van der Waals surface area (Å²) >= 11 is 0. The highest BCUT2D eigenvalue weighted by Crippen LogP contribution is 2.07. The molecule has 0 bridgehead atoms. The molecule has 0 aliphatic carbocycles. The van der Waals surface area contributed by atoms with E-state index in [0.717, 1.165) is 13.1 Å². The number of hydrogen-bond donors (Lipinski definition) is 2. The predicted octanol–water partition coefficient (Wildman–Crippen LogP) is 0.373. The van der Waals surface area contributed by atoms with Gasteiger partial charge in [-0.2, -0.15) is 0 Å². The van der Waals surface area contributed by atoms with Crippen molar-refractivity contribution in [2.75, 3.05) is 26.7 Å². The number of nitrogens with zero attached hydrogens (tertiary/aromatic N) is 1. The number of methoxy groups -OCH3 is 1. The number of carbonyl (C=O) groups is 2. The number of nitrogens with one attached hydrogen (secondary N) is 2. The third-order valence-electron chi connectivity index (χ3n) is 3.53. The quantitative estimate of drug-likeness (QED) is 0.694. The van der Waals surface area contributed by atoms with Gasteiger partial charge in [0.2, 0.25) is 5.91 Å². The fourth-order valence-electron chi connectivity index (χ4n) is 2.84. The van der Waals surface area contributed by atoms with Crippen molar-refractivity contribution in [1.82, 2.24) is 15.5 Å². The lowest BCUT2D eigenvalue weighted by atomic mass is 10.0. The van der Waals surface area contributed by atoms with Crippen molar-refractivity contribution in [3.05, 3.63) is 0 Å². The van der Waals surface area contributed by atoms with E-state index >= 15 is 0 Å². The monoisotopic (exact) mass is 299 g/mol. The number of amides is 1. The molecule has 0 aromatic carbocycles. The van der Waals surface area contributed by atoms with Crippen molar-refractivity contribution in [3.8, 4) is 0 Å². The minimum atomic E-state index is -0.555. The Balaban J connectivity index is 2.51. The van der Waals surface area contributed by atoms with Crippen LogP contribution < -0.4 is 10.6 Å². The number of carbonyl (C=O) groups excluding carboxylic acids is 2. The molecule has 122 valence electrons. The molecule has 1 heterocycles. The predicted molar refractivity (Wildman–Crippen MR) is 81.9 cm³/mol. The molecule has 1 rings (SSSR count). The summed E-state index contributed by atoms with van der Waals surface area (Å²) in [6.45, 7) is 10.2. The zero-order valence-corrected chi connectivity index (χ0v) is 13.8. The number of hydrogen-bond acceptors (Lipinski definition) is 5. The molecule has 21 heavy (non-hydrogen) atoms. The third kappa shape index (κ3) is 6.44. The Morgan fingerprint density at radius 2 is 1.86 bits per heavy atom. The number of piperazine rings is 1. The Labute approximate surface area is 127 Å². The molecule has 2 N–H and O–H groups in total. The van der Waals surface area contributed by atoms with E-state index in [0.29, 0.717) is 31.0 Å². The zero-order chi connectivity index (χ0) is 16.0. The first-order valence-corrected chi connectivity index (χ1v) is 7.67. The second-order valence-corrected chi connectivity index (χ2v) is 6.44. The highest BCUT2D eigenvalue weighted by atomic mass is 16.5. The molecule has 1 aliphatic heterocycles. The summed E-state index contributed by atoms with van der Waals surface area (Å²) in [7, 11) is 1.35. The Kier molecular flexibility index (Phi) is 7.11. The average molecular weight is 299 g/mol. The maximum atomic E-state index is 12.2. The molecule has 6 nitrogen and oxygen atoms in total. The van der Waals surface area contributed by atoms with E-state index in [1.54, 1.807) is 0 Å². The van der Waals surface area contributed by atoms with Gasteiger partial charge >= 0.3 is 5.97 Å². The van der Waals surface area contributed by atoms with Gasteiger partial charge < -0.3 is 15.4 Å². The summed E-state index contributed by atoms with van der Waals surface area (Å²) in [5, 5.41) is 6.23. The normalized spacial score (nSPS) is 24.7. The van der Waals surface area contributed by atoms with E-state index in [2.05, 4.69) is 29.4 Å². The van der Waals surface area contributed by atoms with Gasteiger partial charge in [-0.1, -0.05) is 13.8 Å². The first kappa shape index (κ1) is 17.9. The van der Waals surface area contributed by atoms with E-state index in [1.807, 2.05) is 13.8 Å². The Hall–Kier alpha value is -1.14. The van der Waals surface area contributed by atoms with Crippen LogP contribution in [0.5, 0.6) is 0 Å². The SMILES string of the molecule is COC(=O)C(CC(C)C)NC(=O)CN1CC(C)NC(C)C1. The molecule has 1 aliphatic rings. The van der Waals surface area contributed by atoms with Crippen molar-refractivity contribution in [3.63, 3.8) is 0 Å². The largest absolute Gasteiger partial charge is 0.467 e. The van der Waals surface area contributed by atoms with E-state index in [-0.39, 0.29) is 11.9 Å². The van der Waals surface area contributed by atoms with Crippen LogP contribution in [0.1, 0.15) is 34.1 Å². The van der Waals surface area contributed by atoms with Gasteiger partial charge in [-0.3, -0.25) is 9.69 Å². The van der Waals surface area contributed by atoms with Gasteiger partial charge in [-0.25, -0.2) is 4.79 Å². The Bertz CT molecular complexity index is 350. The van der Waals surface area contributed by atoms with Gasteiger partial charge in [-0.05, 0) is 26.2 Å². The minimum absolute atomic E-state index is 0.118. The van der Waals surface area contributed by atoms with Crippen LogP contribution in [0.25, 0.3) is 0 Å². The molecular weight excluding hydrogens is 270 g/mol. The molecule has 1 saturated heterocycles. The first-order valence-electron chi connectivity index (χ1n) is 7.67. The maximum Gasteiger partial charge on any atom is 0.328 e. The first-order chi connectivity index (χ1) is 9.81. The molecule has 0 aromatic rings. The number of rotatable bonds is 6. The molecule has 0 aromatic heterocycles. The van der Waals surface area contributed by atoms with Crippen molar-refractivity contribution in [1.29, 1.82) is 0 Å². The fourth-order valence-corrected chi connectivity index (χ4v) is 2.84. The molecule has 1 amide bonds. The fraction of sp³-hybridized carbons (Fsp3) is 0.867. The average Bonchev–Trinajstić information content (AvgIpc) is 2.34. The van der Waals surface area contributed by atoms with Crippen LogP contribution >= 0.6 is 0 Å². The van der Waals surface area contributed by atoms with Gasteiger partial charge in [0.05, 0.1) is 13.7 Å². The second kappa shape index (κ2) is 8.34. The summed E-state index contributed by atoms with van der Waals surface area (Å²) < 4.78 is 4.76. The molecule has 0 spiro atoms. The van der Waals surface area contributed by atoms with Gasteiger partial charge in [0.15, 0.2) is 0 Å². The summed E-state index contributed by atoms with van der Waals surface area (Å²) in [6, 6.07) is 0.183. The minimum Gasteiger partial charge on any atom is -0.467 e. The Morgan fingerprint density at radius 1 is 1.29 bits per heavy atom. The smallest absolute Gasteiger partial charge is 0.328 e. The molecule has 1 fully saturated rings. The summed E-state index contributed by atoms with van der Waals surface area (Å²) in [5.74, 6) is -0.180. The third-order valence-corrected chi connectivity index (χ3v) is 3.53. The van der Waals surface area contributed by atoms with Crippen molar-refractivity contribution in [2.24, 2.45) is 5.92 Å². The number of esters is 1. The topological polar surface area (TPSA) is 70.7 Å². The van der Waals surface area contributed by atoms with Crippen LogP contribution in [0.2, 0.25) is 0 Å². The van der Waals surface area contributed by atoms with Crippen LogP contribution in [0.15, 0.2) is 0 Å². The lowest BCUT2D eigenvalue weighted by molar-refractivity contribution is -0.145. The van der Waals surface area contributed by atoms with Crippen LogP contribution in [-0.4, -0.2) is 61.6 Å². The molecule has 0 radical (unpaired) electrons. The van der Waals surface area contributed by atoms with Gasteiger partial charge in [0.1, 0.15) is 6.04 Å². The van der Waals surface area contributed by atoms with E-state index in [1.165, 1.54) is 7.11 Å². The van der Waals surface area contributed by atoms with E-state index < -0.39 is 6.04 Å². The van der Waals surface area contributed by atoms with Crippen molar-refractivity contribution in [2.45, 2.75) is 52.2 Å². The molecule has 3 unspecified atom stereocenters. The lowest BCUT2D eigenvalue weighted by Crippen LogP contribution is -2.56. The second-order valence-electron chi connectivity index (χ2n) is 6.44. The summed E-state index contributed by atoms with van der Waals surface area (Å²) in [6.07, 6.45) is 0.590. The van der Waals surface area contributed by atoms with Crippen LogP contribution in [0.4, 0.5) is 0 Å². The molecule has 3 atom stereocenters. The Morgan fingerprint density at radius 3 is 2.33 bits per heavy atom. The van der Waals surface area contributed by atoms with Gasteiger partial charge in [-0.15, -0.1) is 0 Å². The van der Waals surface area contributed by atoms with E-state index in [9.17, 15) is 9.59 Å². The van der Waals surface area contributed by atoms with Crippen molar-refractivity contribution >= 4 is 11.9 Å². The molecule has 6 heteroatoms. The van der Waals surface area contributed by atoms with Gasteiger partial charge in [0.25, 0.3) is 0 Å². The molecule has 0 saturated carbocycles.